The van der Waals surface area contributed by atoms with Crippen molar-refractivity contribution < 1.29 is 48.0 Å². The van der Waals surface area contributed by atoms with Gasteiger partial charge in [-0.1, -0.05) is 0 Å². The van der Waals surface area contributed by atoms with Crippen molar-refractivity contribution >= 4 is 66.8 Å². The molecule has 0 amide bonds. The van der Waals surface area contributed by atoms with Crippen LogP contribution in [0.2, 0.25) is 0 Å². The van der Waals surface area contributed by atoms with E-state index in [1.54, 1.807) is 37.7 Å². The number of rotatable bonds is 7. The maximum Gasteiger partial charge on any atom is 0.317 e. The quantitative estimate of drug-likeness (QED) is 0.179. The second-order valence-corrected chi connectivity index (χ2v) is 11.6. The van der Waals surface area contributed by atoms with Crippen molar-refractivity contribution in [3.05, 3.63) is 34.5 Å². The zero-order valence-electron chi connectivity index (χ0n) is 22.9. The summed E-state index contributed by atoms with van der Waals surface area (Å²) in [5, 5.41) is 10.9. The Hall–Kier alpha value is -4.30. The average molecular weight is 615 g/mol. The molecule has 2 aliphatic carbocycles. The Morgan fingerprint density at radius 1 is 0.833 bits per heavy atom. The van der Waals surface area contributed by atoms with E-state index in [1.807, 2.05) is 17.5 Å². The van der Waals surface area contributed by atoms with Crippen LogP contribution in [0.25, 0.3) is 20.4 Å². The van der Waals surface area contributed by atoms with Crippen molar-refractivity contribution in [2.75, 3.05) is 28.4 Å². The van der Waals surface area contributed by atoms with Gasteiger partial charge in [-0.3, -0.25) is 19.2 Å². The van der Waals surface area contributed by atoms with Gasteiger partial charge in [0.15, 0.2) is 17.3 Å². The summed E-state index contributed by atoms with van der Waals surface area (Å²) in [5.74, 6) is -0.647. The number of aliphatic carboxylic acids is 1. The standard InChI is InChI=1S/C14H13NO5S.C9H9NO2S.C5H4O3/c1-19-9-5-10-8(15-13(9)20-2)4-11(21-10)12(16)6-3-7(6)14(17)18;1-11-7-5-8-6(3-4-13-8)10-9(7)12-2;6-4-2-1-3(2)5(7)8-4/h4-7H,3H2,1-2H3,(H,17,18);3-5H,1-2H3;2-3H,1H2. The summed E-state index contributed by atoms with van der Waals surface area (Å²) in [6.07, 6.45) is 1.15. The number of esters is 2. The second-order valence-electron chi connectivity index (χ2n) is 9.54. The third-order valence-electron chi connectivity index (χ3n) is 6.91. The topological polar surface area (TPSA) is 160 Å². The molecule has 5 heterocycles. The minimum absolute atomic E-state index is 0.0532. The molecular weight excluding hydrogens is 588 g/mol. The summed E-state index contributed by atoms with van der Waals surface area (Å²) in [7, 11) is 6.21. The number of fused-ring (bicyclic) bond motifs is 3. The summed E-state index contributed by atoms with van der Waals surface area (Å²) < 4.78 is 26.7. The lowest BCUT2D eigenvalue weighted by atomic mass is 10.2. The maximum atomic E-state index is 12.3. The maximum absolute atomic E-state index is 12.3. The first-order valence-electron chi connectivity index (χ1n) is 12.7. The number of carboxylic acid groups (broad SMARTS) is 1. The number of ketones is 1. The Morgan fingerprint density at radius 3 is 1.90 bits per heavy atom. The van der Waals surface area contributed by atoms with Crippen LogP contribution in [-0.2, 0) is 19.1 Å². The number of cyclic esters (lactones) is 2. The number of pyridine rings is 2. The van der Waals surface area contributed by atoms with Gasteiger partial charge in [0.1, 0.15) is 0 Å². The first kappa shape index (κ1) is 29.2. The van der Waals surface area contributed by atoms with Crippen LogP contribution in [0.4, 0.5) is 0 Å². The van der Waals surface area contributed by atoms with Crippen molar-refractivity contribution in [2.45, 2.75) is 12.8 Å². The lowest BCUT2D eigenvalue weighted by Crippen LogP contribution is -2.06. The summed E-state index contributed by atoms with van der Waals surface area (Å²) in [6.45, 7) is 0. The first-order valence-corrected chi connectivity index (χ1v) is 14.4. The molecule has 0 bridgehead atoms. The Kier molecular flexibility index (Phi) is 8.27. The van der Waals surface area contributed by atoms with Gasteiger partial charge < -0.3 is 28.8 Å². The van der Waals surface area contributed by atoms with Gasteiger partial charge in [0.05, 0.1) is 71.5 Å². The zero-order valence-corrected chi connectivity index (χ0v) is 24.6. The van der Waals surface area contributed by atoms with E-state index >= 15 is 0 Å². The lowest BCUT2D eigenvalue weighted by Gasteiger charge is -2.05. The van der Waals surface area contributed by atoms with Crippen molar-refractivity contribution in [3.8, 4) is 23.3 Å². The molecule has 4 aromatic heterocycles. The van der Waals surface area contributed by atoms with Crippen molar-refractivity contribution in [3.63, 3.8) is 0 Å². The van der Waals surface area contributed by atoms with Crippen molar-refractivity contribution in [1.29, 1.82) is 0 Å². The Morgan fingerprint density at radius 2 is 1.43 bits per heavy atom. The number of carboxylic acids is 1. The van der Waals surface area contributed by atoms with Crippen LogP contribution in [0.1, 0.15) is 22.5 Å². The van der Waals surface area contributed by atoms with Crippen LogP contribution >= 0.6 is 22.7 Å². The lowest BCUT2D eigenvalue weighted by molar-refractivity contribution is -0.155. The van der Waals surface area contributed by atoms with Gasteiger partial charge in [0.2, 0.25) is 0 Å². The van der Waals surface area contributed by atoms with Crippen molar-refractivity contribution in [1.82, 2.24) is 9.97 Å². The number of carbonyl (C=O) groups is 4. The van der Waals surface area contributed by atoms with Crippen LogP contribution < -0.4 is 18.9 Å². The van der Waals surface area contributed by atoms with Crippen LogP contribution in [-0.4, -0.2) is 67.2 Å². The molecule has 4 unspecified atom stereocenters. The molecule has 1 saturated heterocycles. The monoisotopic (exact) mass is 614 g/mol. The number of hydrogen-bond donors (Lipinski definition) is 1. The molecule has 0 spiro atoms. The smallest absolute Gasteiger partial charge is 0.317 e. The zero-order chi connectivity index (χ0) is 30.1. The largest absolute Gasteiger partial charge is 0.491 e. The van der Waals surface area contributed by atoms with Gasteiger partial charge in [0.25, 0.3) is 11.8 Å². The van der Waals surface area contributed by atoms with E-state index in [4.69, 9.17) is 24.1 Å². The fourth-order valence-corrected chi connectivity index (χ4v) is 6.19. The summed E-state index contributed by atoms with van der Waals surface area (Å²) >= 11 is 2.93. The normalized spacial score (nSPS) is 21.2. The summed E-state index contributed by atoms with van der Waals surface area (Å²) in [6, 6.07) is 7.35. The minimum atomic E-state index is -0.907. The molecule has 7 rings (SSSR count). The number of Topliss-reactive ketones (excluding diaryl/α,β-unsaturated/α-hetero) is 1. The highest BCUT2D eigenvalue weighted by atomic mass is 32.1. The van der Waals surface area contributed by atoms with E-state index in [2.05, 4.69) is 14.7 Å². The molecule has 0 radical (unpaired) electrons. The highest BCUT2D eigenvalue weighted by molar-refractivity contribution is 7.20. The van der Waals surface area contributed by atoms with Crippen LogP contribution in [0.5, 0.6) is 23.3 Å². The van der Waals surface area contributed by atoms with E-state index in [9.17, 15) is 19.2 Å². The van der Waals surface area contributed by atoms with Gasteiger partial charge in [-0.05, 0) is 30.4 Å². The predicted molar refractivity (Wildman–Crippen MR) is 152 cm³/mol. The van der Waals surface area contributed by atoms with Gasteiger partial charge in [-0.2, -0.15) is 0 Å². The number of thiophene rings is 2. The molecule has 1 N–H and O–H groups in total. The SMILES string of the molecule is COc1cc2sc(C(=O)C3CC3C(=O)O)cc2nc1OC.COc1cc2sccc2nc1OC.O=C1OC(=O)C2CC12. The molecule has 3 fully saturated rings. The highest BCUT2D eigenvalue weighted by Gasteiger charge is 2.57. The van der Waals surface area contributed by atoms with Crippen LogP contribution in [0.15, 0.2) is 29.6 Å². The van der Waals surface area contributed by atoms with Gasteiger partial charge in [-0.25, -0.2) is 9.97 Å². The average Bonchev–Trinajstić information content (AvgIpc) is 3.86. The molecule has 4 aromatic rings. The highest BCUT2D eigenvalue weighted by Crippen LogP contribution is 2.45. The van der Waals surface area contributed by atoms with E-state index < -0.39 is 17.8 Å². The first-order chi connectivity index (χ1) is 20.2. The molecule has 1 aliphatic heterocycles. The van der Waals surface area contributed by atoms with Crippen molar-refractivity contribution in [2.24, 2.45) is 23.7 Å². The molecular formula is C28H26N2O10S2. The van der Waals surface area contributed by atoms with E-state index in [0.29, 0.717) is 40.1 Å². The Balaban J connectivity index is 0.000000141. The minimum Gasteiger partial charge on any atom is -0.491 e. The predicted octanol–water partition coefficient (Wildman–Crippen LogP) is 4.24. The summed E-state index contributed by atoms with van der Waals surface area (Å²) in [5.41, 5.74) is 1.59. The number of nitrogens with zero attached hydrogens (tertiary/aromatic N) is 2. The molecule has 3 aliphatic rings. The Labute approximate surface area is 247 Å². The molecule has 12 nitrogen and oxygen atoms in total. The third-order valence-corrected chi connectivity index (χ3v) is 8.85. The molecule has 2 saturated carbocycles. The molecule has 42 heavy (non-hydrogen) atoms. The van der Waals surface area contributed by atoms with Gasteiger partial charge >= 0.3 is 17.9 Å². The molecule has 14 heteroatoms. The second kappa shape index (κ2) is 11.9. The summed E-state index contributed by atoms with van der Waals surface area (Å²) in [4.78, 5) is 53.0. The number of methoxy groups -OCH3 is 4. The fourth-order valence-electron chi connectivity index (χ4n) is 4.40. The van der Waals surface area contributed by atoms with Crippen LogP contribution in [0, 0.1) is 23.7 Å². The van der Waals surface area contributed by atoms with E-state index in [0.717, 1.165) is 21.3 Å². The van der Waals surface area contributed by atoms with Gasteiger partial charge in [-0.15, -0.1) is 22.7 Å². The Bertz CT molecular complexity index is 1600. The third kappa shape index (κ3) is 5.85. The molecule has 0 aromatic carbocycles. The number of hydrogen-bond acceptors (Lipinski definition) is 13. The number of aromatic nitrogens is 2. The van der Waals surface area contributed by atoms with Crippen LogP contribution in [0.3, 0.4) is 0 Å². The number of ether oxygens (including phenoxy) is 5. The molecule has 4 atom stereocenters. The number of carbonyl (C=O) groups excluding carboxylic acids is 3. The van der Waals surface area contributed by atoms with E-state index in [-0.39, 0.29) is 29.6 Å². The van der Waals surface area contributed by atoms with Gasteiger partial charge in [0, 0.05) is 18.1 Å². The molecule has 220 valence electrons. The van der Waals surface area contributed by atoms with E-state index in [1.165, 1.54) is 25.6 Å². The fraction of sp³-hybridized carbons (Fsp3) is 0.357.